The standard InChI is InChI=1S/C24H24N2O4.2C2HF3O2/c27-19-9-15-5-7-25-23(17(15)11-21(19)29)13-1-2-14(4-3-13)24-18-12-22(30)20(28)10-16(18)6-8-26-24;2*3-2(4,5)1(6)7/h1-4,9-12,23-30H,5-8H2;2*(H,6,7). The predicted molar refractivity (Wildman–Crippen MR) is 140 cm³/mol. The highest BCUT2D eigenvalue weighted by Crippen LogP contribution is 2.38. The largest absolute Gasteiger partial charge is 0.504 e. The first-order valence-corrected chi connectivity index (χ1v) is 12.7. The summed E-state index contributed by atoms with van der Waals surface area (Å²) in [5.41, 5.74) is 6.19. The van der Waals surface area contributed by atoms with Crippen LogP contribution in [0.4, 0.5) is 26.3 Å². The van der Waals surface area contributed by atoms with E-state index in [9.17, 15) is 46.8 Å². The van der Waals surface area contributed by atoms with Gasteiger partial charge in [-0.15, -0.1) is 0 Å². The van der Waals surface area contributed by atoms with Crippen molar-refractivity contribution in [3.63, 3.8) is 0 Å². The van der Waals surface area contributed by atoms with E-state index in [4.69, 9.17) is 19.8 Å². The van der Waals surface area contributed by atoms with Crippen LogP contribution in [0.15, 0.2) is 48.5 Å². The lowest BCUT2D eigenvalue weighted by atomic mass is 9.86. The number of hydrogen-bond acceptors (Lipinski definition) is 8. The van der Waals surface area contributed by atoms with Crippen LogP contribution in [0.2, 0.25) is 0 Å². The third-order valence-corrected chi connectivity index (χ3v) is 6.67. The molecule has 2 atom stereocenters. The van der Waals surface area contributed by atoms with E-state index in [1.54, 1.807) is 24.3 Å². The molecule has 5 rings (SSSR count). The summed E-state index contributed by atoms with van der Waals surface area (Å²) in [6.45, 7) is 1.59. The van der Waals surface area contributed by atoms with Crippen molar-refractivity contribution in [3.05, 3.63) is 81.9 Å². The lowest BCUT2D eigenvalue weighted by Gasteiger charge is -2.30. The van der Waals surface area contributed by atoms with Gasteiger partial charge in [-0.05, 0) is 70.5 Å². The van der Waals surface area contributed by atoms with Crippen LogP contribution < -0.4 is 10.6 Å². The number of phenols is 4. The molecule has 2 aliphatic heterocycles. The van der Waals surface area contributed by atoms with Gasteiger partial charge in [0.25, 0.3) is 0 Å². The van der Waals surface area contributed by atoms with E-state index in [2.05, 4.69) is 34.9 Å². The van der Waals surface area contributed by atoms with Crippen LogP contribution in [-0.4, -0.2) is 68.0 Å². The topological polar surface area (TPSA) is 180 Å². The zero-order valence-corrected chi connectivity index (χ0v) is 22.4. The molecule has 238 valence electrons. The minimum atomic E-state index is -5.08. The molecular formula is C28H26F6N2O8. The molecule has 2 unspecified atom stereocenters. The minimum Gasteiger partial charge on any atom is -0.504 e. The maximum absolute atomic E-state index is 10.6. The number of carbonyl (C=O) groups is 2. The number of aromatic hydroxyl groups is 4. The SMILES string of the molecule is O=C(O)C(F)(F)F.O=C(O)C(F)(F)F.Oc1cc2c(cc1O)C(c1ccc(C3NCCc4cc(O)c(O)cc43)cc1)NCC2. The Bertz CT molecular complexity index is 1400. The third-order valence-electron chi connectivity index (χ3n) is 6.67. The van der Waals surface area contributed by atoms with Crippen molar-refractivity contribution < 1.29 is 66.6 Å². The summed E-state index contributed by atoms with van der Waals surface area (Å²) in [6.07, 6.45) is -8.56. The zero-order chi connectivity index (χ0) is 33.0. The maximum Gasteiger partial charge on any atom is 0.490 e. The molecule has 16 heteroatoms. The maximum atomic E-state index is 10.6. The normalized spacial score (nSPS) is 17.5. The Morgan fingerprint density at radius 2 is 0.864 bits per heavy atom. The summed E-state index contributed by atoms with van der Waals surface area (Å²) in [5, 5.41) is 60.8. The summed E-state index contributed by atoms with van der Waals surface area (Å²) in [5.74, 6) is -5.89. The monoisotopic (exact) mass is 632 g/mol. The second kappa shape index (κ2) is 13.3. The fraction of sp³-hybridized carbons (Fsp3) is 0.286. The third kappa shape index (κ3) is 8.23. The number of phenolic OH excluding ortho intramolecular Hbond substituents is 4. The van der Waals surface area contributed by atoms with Gasteiger partial charge in [0.1, 0.15) is 0 Å². The molecule has 0 aromatic heterocycles. The Kier molecular flexibility index (Phi) is 10.2. The zero-order valence-electron chi connectivity index (χ0n) is 22.4. The molecule has 10 nitrogen and oxygen atoms in total. The number of carboxylic acid groups (broad SMARTS) is 2. The molecule has 8 N–H and O–H groups in total. The number of halogens is 6. The highest BCUT2D eigenvalue weighted by molar-refractivity contribution is 5.73. The lowest BCUT2D eigenvalue weighted by Crippen LogP contribution is -2.31. The van der Waals surface area contributed by atoms with Gasteiger partial charge in [-0.3, -0.25) is 0 Å². The number of rotatable bonds is 2. The molecule has 2 heterocycles. The summed E-state index contributed by atoms with van der Waals surface area (Å²) >= 11 is 0. The molecule has 0 fully saturated rings. The average molecular weight is 633 g/mol. The first kappa shape index (κ1) is 33.8. The summed E-state index contributed by atoms with van der Waals surface area (Å²) in [6, 6.07) is 14.8. The molecule has 3 aromatic carbocycles. The van der Waals surface area contributed by atoms with Crippen molar-refractivity contribution in [2.75, 3.05) is 13.1 Å². The van der Waals surface area contributed by atoms with Crippen molar-refractivity contribution in [1.29, 1.82) is 0 Å². The van der Waals surface area contributed by atoms with Gasteiger partial charge in [-0.2, -0.15) is 26.3 Å². The fourth-order valence-corrected chi connectivity index (χ4v) is 4.64. The number of benzene rings is 3. The van der Waals surface area contributed by atoms with Crippen LogP contribution in [-0.2, 0) is 22.4 Å². The first-order chi connectivity index (χ1) is 20.4. The van der Waals surface area contributed by atoms with Crippen molar-refractivity contribution in [1.82, 2.24) is 10.6 Å². The van der Waals surface area contributed by atoms with Gasteiger partial charge in [0, 0.05) is 13.1 Å². The van der Waals surface area contributed by atoms with E-state index in [1.807, 2.05) is 0 Å². The van der Waals surface area contributed by atoms with Crippen molar-refractivity contribution >= 4 is 11.9 Å². The molecule has 0 radical (unpaired) electrons. The highest BCUT2D eigenvalue weighted by atomic mass is 19.4. The first-order valence-electron chi connectivity index (χ1n) is 12.7. The second-order valence-corrected chi connectivity index (χ2v) is 9.63. The van der Waals surface area contributed by atoms with Gasteiger partial charge in [0.2, 0.25) is 0 Å². The molecule has 0 saturated carbocycles. The summed E-state index contributed by atoms with van der Waals surface area (Å²) in [7, 11) is 0. The van der Waals surface area contributed by atoms with E-state index >= 15 is 0 Å². The number of aliphatic carboxylic acids is 2. The number of nitrogens with one attached hydrogen (secondary N) is 2. The molecule has 0 spiro atoms. The Morgan fingerprint density at radius 3 is 1.14 bits per heavy atom. The van der Waals surface area contributed by atoms with Crippen molar-refractivity contribution in [2.45, 2.75) is 37.3 Å². The molecule has 0 amide bonds. The van der Waals surface area contributed by atoms with E-state index in [0.29, 0.717) is 0 Å². The minimum absolute atomic E-state index is 0.0538. The van der Waals surface area contributed by atoms with E-state index < -0.39 is 24.3 Å². The molecule has 2 aliphatic rings. The number of hydrogen-bond donors (Lipinski definition) is 8. The van der Waals surface area contributed by atoms with Crippen LogP contribution in [0.5, 0.6) is 23.0 Å². The van der Waals surface area contributed by atoms with Gasteiger partial charge < -0.3 is 41.3 Å². The smallest absolute Gasteiger partial charge is 0.490 e. The van der Waals surface area contributed by atoms with E-state index in [0.717, 1.165) is 59.3 Å². The Labute approximate surface area is 244 Å². The molecule has 0 saturated heterocycles. The quantitative estimate of drug-likeness (QED) is 0.150. The van der Waals surface area contributed by atoms with Gasteiger partial charge >= 0.3 is 24.3 Å². The molecular weight excluding hydrogens is 606 g/mol. The lowest BCUT2D eigenvalue weighted by molar-refractivity contribution is -0.193. The number of alkyl halides is 6. The molecule has 44 heavy (non-hydrogen) atoms. The molecule has 3 aromatic rings. The Hall–Kier alpha value is -4.70. The number of fused-ring (bicyclic) bond motifs is 2. The summed E-state index contributed by atoms with van der Waals surface area (Å²) < 4.78 is 63.5. The van der Waals surface area contributed by atoms with Gasteiger partial charge in [0.05, 0.1) is 12.1 Å². The molecule has 0 bridgehead atoms. The van der Waals surface area contributed by atoms with E-state index in [-0.39, 0.29) is 35.1 Å². The van der Waals surface area contributed by atoms with Gasteiger partial charge in [0.15, 0.2) is 23.0 Å². The highest BCUT2D eigenvalue weighted by Gasteiger charge is 2.39. The predicted octanol–water partition coefficient (Wildman–Crippen LogP) is 4.25. The Balaban J connectivity index is 0.000000317. The Morgan fingerprint density at radius 1 is 0.591 bits per heavy atom. The van der Waals surface area contributed by atoms with Crippen LogP contribution >= 0.6 is 0 Å². The molecule has 0 aliphatic carbocycles. The average Bonchev–Trinajstić information content (AvgIpc) is 2.93. The van der Waals surface area contributed by atoms with Crippen molar-refractivity contribution in [3.8, 4) is 23.0 Å². The fourth-order valence-electron chi connectivity index (χ4n) is 4.64. The van der Waals surface area contributed by atoms with E-state index in [1.165, 1.54) is 0 Å². The van der Waals surface area contributed by atoms with Gasteiger partial charge in [-0.1, -0.05) is 24.3 Å². The second-order valence-electron chi connectivity index (χ2n) is 9.63. The summed E-state index contributed by atoms with van der Waals surface area (Å²) in [4.78, 5) is 17.8. The number of carboxylic acids is 2. The van der Waals surface area contributed by atoms with Crippen molar-refractivity contribution in [2.24, 2.45) is 0 Å². The van der Waals surface area contributed by atoms with Gasteiger partial charge in [-0.25, -0.2) is 9.59 Å². The van der Waals surface area contributed by atoms with Crippen LogP contribution in [0.1, 0.15) is 45.5 Å². The van der Waals surface area contributed by atoms with Crippen LogP contribution in [0, 0.1) is 0 Å². The van der Waals surface area contributed by atoms with Crippen LogP contribution in [0.3, 0.4) is 0 Å². The van der Waals surface area contributed by atoms with Crippen LogP contribution in [0.25, 0.3) is 0 Å².